The van der Waals surface area contributed by atoms with Crippen LogP contribution in [0.4, 0.5) is 13.2 Å². The molecule has 32 heavy (non-hydrogen) atoms. The van der Waals surface area contributed by atoms with E-state index in [9.17, 15) is 18.3 Å². The van der Waals surface area contributed by atoms with E-state index in [2.05, 4.69) is 28.7 Å². The Kier molecular flexibility index (Phi) is 8.90. The number of nitrogens with zero attached hydrogens (tertiary/aromatic N) is 3. The van der Waals surface area contributed by atoms with Gasteiger partial charge in [0.05, 0.1) is 23.4 Å². The smallest absolute Gasteiger partial charge is 0.396 e. The summed E-state index contributed by atoms with van der Waals surface area (Å²) in [6.07, 6.45) is -0.468. The molecule has 0 fully saturated rings. The van der Waals surface area contributed by atoms with Gasteiger partial charge >= 0.3 is 6.18 Å². The van der Waals surface area contributed by atoms with E-state index in [0.29, 0.717) is 11.4 Å². The fraction of sp³-hybridized carbons (Fsp3) is 0.476. The van der Waals surface area contributed by atoms with Crippen LogP contribution in [0.3, 0.4) is 0 Å². The molecule has 1 atom stereocenters. The Morgan fingerprint density at radius 1 is 1.25 bits per heavy atom. The number of aliphatic hydroxyl groups excluding tert-OH is 1. The van der Waals surface area contributed by atoms with Crippen molar-refractivity contribution in [3.63, 3.8) is 0 Å². The van der Waals surface area contributed by atoms with Crippen LogP contribution >= 0.6 is 11.3 Å². The zero-order chi connectivity index (χ0) is 23.9. The molecule has 2 aromatic rings. The molecular formula is C21H28F3N5O2S. The zero-order valence-electron chi connectivity index (χ0n) is 18.1. The summed E-state index contributed by atoms with van der Waals surface area (Å²) in [5.74, 6) is 5.38. The van der Waals surface area contributed by atoms with Crippen LogP contribution in [-0.2, 0) is 16.6 Å². The molecule has 0 aliphatic carbocycles. The molecule has 0 amide bonds. The molecule has 176 valence electrons. The molecule has 1 aromatic heterocycles. The number of nitrogens with two attached hydrogens (primary N) is 2. The van der Waals surface area contributed by atoms with Crippen LogP contribution in [0.15, 0.2) is 29.8 Å². The summed E-state index contributed by atoms with van der Waals surface area (Å²) < 4.78 is 41.5. The van der Waals surface area contributed by atoms with E-state index in [1.54, 1.807) is 6.92 Å². The minimum Gasteiger partial charge on any atom is -0.396 e. The summed E-state index contributed by atoms with van der Waals surface area (Å²) in [7, 11) is 0. The molecule has 0 saturated carbocycles. The lowest BCUT2D eigenvalue weighted by Crippen LogP contribution is -2.36. The Balaban J connectivity index is 2.37. The van der Waals surface area contributed by atoms with E-state index in [1.807, 2.05) is 0 Å². The van der Waals surface area contributed by atoms with E-state index in [0.717, 1.165) is 43.1 Å². The van der Waals surface area contributed by atoms with E-state index in [1.165, 1.54) is 12.1 Å². The topological polar surface area (TPSA) is 120 Å². The Bertz CT molecular complexity index is 957. The molecule has 0 aliphatic rings. The fourth-order valence-corrected chi connectivity index (χ4v) is 3.75. The SMILES string of the molecule is C=C(N=C(CCCCCC)ON)c1ccc(-c2nnc([C@@](C)(N)CO)s2)cc1C(F)(F)F. The van der Waals surface area contributed by atoms with Crippen molar-refractivity contribution < 1.29 is 23.1 Å². The molecule has 7 nitrogen and oxygen atoms in total. The van der Waals surface area contributed by atoms with Gasteiger partial charge < -0.3 is 15.7 Å². The van der Waals surface area contributed by atoms with Crippen molar-refractivity contribution in [1.82, 2.24) is 10.2 Å². The van der Waals surface area contributed by atoms with Gasteiger partial charge in [0.15, 0.2) is 0 Å². The molecule has 0 aliphatic heterocycles. The second-order valence-corrected chi connectivity index (χ2v) is 8.60. The van der Waals surface area contributed by atoms with Crippen molar-refractivity contribution in [2.45, 2.75) is 57.7 Å². The third-order valence-corrected chi connectivity index (χ3v) is 6.02. The second-order valence-electron chi connectivity index (χ2n) is 7.63. The third kappa shape index (κ3) is 6.58. The highest BCUT2D eigenvalue weighted by Crippen LogP contribution is 2.38. The lowest BCUT2D eigenvalue weighted by atomic mass is 10.0. The Morgan fingerprint density at radius 2 is 1.97 bits per heavy atom. The number of alkyl halides is 3. The zero-order valence-corrected chi connectivity index (χ0v) is 18.9. The molecule has 0 spiro atoms. The second kappa shape index (κ2) is 11.0. The van der Waals surface area contributed by atoms with Gasteiger partial charge in [-0.3, -0.25) is 0 Å². The standard InChI is InChI=1S/C21H28F3N5O2S/c1-4-5-6-7-8-17(31-26)27-13(2)15-10-9-14(11-16(15)21(22,23)24)18-28-29-19(32-18)20(3,25)12-30/h9-11,30H,2,4-8,12,25-26H2,1,3H3/t20-/m0/s1. The lowest BCUT2D eigenvalue weighted by Gasteiger charge is -2.17. The van der Waals surface area contributed by atoms with E-state index in [-0.39, 0.29) is 34.3 Å². The number of unbranched alkanes of at least 4 members (excludes halogenated alkanes) is 3. The lowest BCUT2D eigenvalue weighted by molar-refractivity contribution is -0.137. The van der Waals surface area contributed by atoms with Crippen molar-refractivity contribution in [3.05, 3.63) is 40.9 Å². The highest BCUT2D eigenvalue weighted by molar-refractivity contribution is 7.14. The number of hydrogen-bond donors (Lipinski definition) is 3. The highest BCUT2D eigenvalue weighted by Gasteiger charge is 2.35. The van der Waals surface area contributed by atoms with Crippen LogP contribution in [0.5, 0.6) is 0 Å². The van der Waals surface area contributed by atoms with E-state index in [4.69, 9.17) is 16.5 Å². The van der Waals surface area contributed by atoms with Gasteiger partial charge in [-0.2, -0.15) is 19.1 Å². The molecule has 5 N–H and O–H groups in total. The molecule has 1 aromatic carbocycles. The summed E-state index contributed by atoms with van der Waals surface area (Å²) in [6.45, 7) is 6.94. The number of aliphatic hydroxyl groups is 1. The predicted octanol–water partition coefficient (Wildman–Crippen LogP) is 4.62. The van der Waals surface area contributed by atoms with Gasteiger partial charge in [-0.25, -0.2) is 4.99 Å². The average molecular weight is 472 g/mol. The summed E-state index contributed by atoms with van der Waals surface area (Å²) >= 11 is 1.02. The van der Waals surface area contributed by atoms with Gasteiger partial charge in [-0.15, -0.1) is 10.2 Å². The maximum atomic E-state index is 13.8. The van der Waals surface area contributed by atoms with Crippen LogP contribution in [0.2, 0.25) is 0 Å². The molecule has 0 unspecified atom stereocenters. The Hall–Kier alpha value is -2.34. The molecule has 11 heteroatoms. The number of rotatable bonds is 10. The molecule has 0 saturated heterocycles. The van der Waals surface area contributed by atoms with Crippen molar-refractivity contribution in [1.29, 1.82) is 0 Å². The van der Waals surface area contributed by atoms with Gasteiger partial charge in [0.25, 0.3) is 0 Å². The molecule has 1 heterocycles. The minimum absolute atomic E-state index is 0.104. The first kappa shape index (κ1) is 25.9. The van der Waals surface area contributed by atoms with Gasteiger partial charge in [0, 0.05) is 17.5 Å². The molecule has 2 rings (SSSR count). The van der Waals surface area contributed by atoms with Crippen molar-refractivity contribution in [2.24, 2.45) is 16.6 Å². The maximum absolute atomic E-state index is 13.8. The predicted molar refractivity (Wildman–Crippen MR) is 119 cm³/mol. The normalized spacial score (nSPS) is 14.3. The maximum Gasteiger partial charge on any atom is 0.417 e. The van der Waals surface area contributed by atoms with E-state index >= 15 is 0 Å². The minimum atomic E-state index is -4.66. The first-order valence-corrected chi connectivity index (χ1v) is 10.9. The van der Waals surface area contributed by atoms with Gasteiger partial charge in [-0.1, -0.05) is 56.2 Å². The number of aliphatic imine (C=N–C) groups is 1. The summed E-state index contributed by atoms with van der Waals surface area (Å²) in [4.78, 5) is 8.84. The van der Waals surface area contributed by atoms with Crippen molar-refractivity contribution >= 4 is 22.9 Å². The number of aromatic nitrogens is 2. The first-order chi connectivity index (χ1) is 15.0. The number of hydrogen-bond acceptors (Lipinski definition) is 8. The Labute approximate surface area is 189 Å². The highest BCUT2D eigenvalue weighted by atomic mass is 32.1. The number of halogens is 3. The van der Waals surface area contributed by atoms with Gasteiger partial charge in [0.2, 0.25) is 5.90 Å². The van der Waals surface area contributed by atoms with Crippen LogP contribution in [-0.4, -0.2) is 27.8 Å². The summed E-state index contributed by atoms with van der Waals surface area (Å²) in [6, 6.07) is 3.73. The largest absolute Gasteiger partial charge is 0.417 e. The van der Waals surface area contributed by atoms with Crippen LogP contribution in [0.1, 0.15) is 62.1 Å². The van der Waals surface area contributed by atoms with E-state index < -0.39 is 17.3 Å². The molecule has 0 bridgehead atoms. The summed E-state index contributed by atoms with van der Waals surface area (Å²) in [5, 5.41) is 17.8. The van der Waals surface area contributed by atoms with Crippen LogP contribution in [0.25, 0.3) is 16.3 Å². The average Bonchev–Trinajstić information content (AvgIpc) is 3.26. The van der Waals surface area contributed by atoms with Crippen molar-refractivity contribution in [2.75, 3.05) is 6.61 Å². The molecule has 0 radical (unpaired) electrons. The molecular weight excluding hydrogens is 443 g/mol. The number of benzene rings is 1. The summed E-state index contributed by atoms with van der Waals surface area (Å²) in [5.41, 5.74) is 3.80. The fourth-order valence-electron chi connectivity index (χ4n) is 2.86. The first-order valence-electron chi connectivity index (χ1n) is 10.1. The van der Waals surface area contributed by atoms with Gasteiger partial charge in [-0.05, 0) is 19.4 Å². The van der Waals surface area contributed by atoms with Gasteiger partial charge in [0.1, 0.15) is 10.0 Å². The van der Waals surface area contributed by atoms with Crippen LogP contribution < -0.4 is 11.6 Å². The Morgan fingerprint density at radius 3 is 2.56 bits per heavy atom. The van der Waals surface area contributed by atoms with Crippen LogP contribution in [0, 0.1) is 0 Å². The third-order valence-electron chi connectivity index (χ3n) is 4.76. The monoisotopic (exact) mass is 471 g/mol. The van der Waals surface area contributed by atoms with Crippen molar-refractivity contribution in [3.8, 4) is 10.6 Å². The quantitative estimate of drug-likeness (QED) is 0.201.